The number of hydrogen-bond donors (Lipinski definition) is 1. The Labute approximate surface area is 91.2 Å². The van der Waals surface area contributed by atoms with E-state index in [1.54, 1.807) is 7.11 Å². The van der Waals surface area contributed by atoms with Gasteiger partial charge in [-0.1, -0.05) is 0 Å². The van der Waals surface area contributed by atoms with E-state index in [9.17, 15) is 4.79 Å². The Bertz CT molecular complexity index is 191. The second kappa shape index (κ2) is 6.76. The lowest BCUT2D eigenvalue weighted by Gasteiger charge is -2.34. The minimum Gasteiger partial charge on any atom is -0.375 e. The summed E-state index contributed by atoms with van der Waals surface area (Å²) in [7, 11) is 1.55. The van der Waals surface area contributed by atoms with Crippen LogP contribution in [0.1, 0.15) is 6.42 Å². The SMILES string of the molecule is COCC(=O)N1CCN(CCCN)CC1. The van der Waals surface area contributed by atoms with Gasteiger partial charge in [-0.05, 0) is 19.5 Å². The van der Waals surface area contributed by atoms with Crippen LogP contribution >= 0.6 is 0 Å². The second-order valence-corrected chi connectivity index (χ2v) is 3.80. The van der Waals surface area contributed by atoms with E-state index < -0.39 is 0 Å². The highest BCUT2D eigenvalue weighted by Crippen LogP contribution is 2.02. The van der Waals surface area contributed by atoms with Gasteiger partial charge < -0.3 is 15.4 Å². The highest BCUT2D eigenvalue weighted by molar-refractivity contribution is 5.77. The van der Waals surface area contributed by atoms with Gasteiger partial charge in [-0.2, -0.15) is 0 Å². The number of nitrogens with two attached hydrogens (primary N) is 1. The van der Waals surface area contributed by atoms with Crippen LogP contribution in [0.5, 0.6) is 0 Å². The Morgan fingerprint density at radius 3 is 2.53 bits per heavy atom. The summed E-state index contributed by atoms with van der Waals surface area (Å²) in [5.74, 6) is 0.0935. The van der Waals surface area contributed by atoms with Crippen LogP contribution in [-0.2, 0) is 9.53 Å². The molecule has 5 nitrogen and oxygen atoms in total. The van der Waals surface area contributed by atoms with Crippen molar-refractivity contribution in [3.05, 3.63) is 0 Å². The van der Waals surface area contributed by atoms with Gasteiger partial charge in [0.05, 0.1) is 0 Å². The molecule has 1 aliphatic heterocycles. The number of piperazine rings is 1. The fraction of sp³-hybridized carbons (Fsp3) is 0.900. The van der Waals surface area contributed by atoms with E-state index in [0.29, 0.717) is 0 Å². The highest BCUT2D eigenvalue weighted by atomic mass is 16.5. The molecule has 1 saturated heterocycles. The molecule has 0 spiro atoms. The summed E-state index contributed by atoms with van der Waals surface area (Å²) < 4.78 is 4.83. The van der Waals surface area contributed by atoms with Crippen molar-refractivity contribution in [1.29, 1.82) is 0 Å². The van der Waals surface area contributed by atoms with Gasteiger partial charge in [-0.15, -0.1) is 0 Å². The molecule has 0 saturated carbocycles. The fourth-order valence-corrected chi connectivity index (χ4v) is 1.75. The van der Waals surface area contributed by atoms with Crippen LogP contribution in [-0.4, -0.2) is 68.7 Å². The molecule has 0 aliphatic carbocycles. The van der Waals surface area contributed by atoms with Gasteiger partial charge in [-0.25, -0.2) is 0 Å². The lowest BCUT2D eigenvalue weighted by Crippen LogP contribution is -2.49. The highest BCUT2D eigenvalue weighted by Gasteiger charge is 2.19. The number of nitrogens with zero attached hydrogens (tertiary/aromatic N) is 2. The zero-order valence-electron chi connectivity index (χ0n) is 9.45. The number of rotatable bonds is 5. The van der Waals surface area contributed by atoms with Crippen molar-refractivity contribution in [2.45, 2.75) is 6.42 Å². The molecular weight excluding hydrogens is 194 g/mol. The first-order valence-electron chi connectivity index (χ1n) is 5.47. The molecule has 0 aromatic carbocycles. The summed E-state index contributed by atoms with van der Waals surface area (Å²) in [6, 6.07) is 0. The van der Waals surface area contributed by atoms with E-state index in [4.69, 9.17) is 10.5 Å². The van der Waals surface area contributed by atoms with E-state index in [0.717, 1.165) is 45.7 Å². The molecule has 1 fully saturated rings. The van der Waals surface area contributed by atoms with Gasteiger partial charge in [0.2, 0.25) is 5.91 Å². The van der Waals surface area contributed by atoms with Gasteiger partial charge in [0.15, 0.2) is 0 Å². The Kier molecular flexibility index (Phi) is 5.60. The standard InChI is InChI=1S/C10H21N3O2/c1-15-9-10(14)13-7-5-12(6-8-13)4-2-3-11/h2-9,11H2,1H3. The predicted molar refractivity (Wildman–Crippen MR) is 58.6 cm³/mol. The number of amides is 1. The van der Waals surface area contributed by atoms with Gasteiger partial charge in [-0.3, -0.25) is 9.69 Å². The zero-order chi connectivity index (χ0) is 11.1. The number of carbonyl (C=O) groups excluding carboxylic acids is 1. The largest absolute Gasteiger partial charge is 0.375 e. The van der Waals surface area contributed by atoms with Crippen LogP contribution in [0.3, 0.4) is 0 Å². The topological polar surface area (TPSA) is 58.8 Å². The smallest absolute Gasteiger partial charge is 0.248 e. The average molecular weight is 215 g/mol. The molecular formula is C10H21N3O2. The molecule has 5 heteroatoms. The Morgan fingerprint density at radius 2 is 2.00 bits per heavy atom. The van der Waals surface area contributed by atoms with Gasteiger partial charge in [0, 0.05) is 33.3 Å². The molecule has 0 radical (unpaired) electrons. The Morgan fingerprint density at radius 1 is 1.33 bits per heavy atom. The molecule has 15 heavy (non-hydrogen) atoms. The molecule has 2 N–H and O–H groups in total. The van der Waals surface area contributed by atoms with Gasteiger partial charge in [0.25, 0.3) is 0 Å². The zero-order valence-corrected chi connectivity index (χ0v) is 9.45. The van der Waals surface area contributed by atoms with Crippen molar-refractivity contribution in [1.82, 2.24) is 9.80 Å². The average Bonchev–Trinajstić information content (AvgIpc) is 2.27. The van der Waals surface area contributed by atoms with Crippen molar-refractivity contribution in [2.24, 2.45) is 5.73 Å². The summed E-state index contributed by atoms with van der Waals surface area (Å²) in [5.41, 5.74) is 5.45. The van der Waals surface area contributed by atoms with E-state index in [1.807, 2.05) is 4.90 Å². The first kappa shape index (κ1) is 12.4. The molecule has 1 heterocycles. The minimum absolute atomic E-state index is 0.0935. The molecule has 1 amide bonds. The molecule has 1 aliphatic rings. The summed E-state index contributed by atoms with van der Waals surface area (Å²) in [4.78, 5) is 15.7. The molecule has 0 atom stereocenters. The minimum atomic E-state index is 0.0935. The van der Waals surface area contributed by atoms with Crippen molar-refractivity contribution >= 4 is 5.91 Å². The summed E-state index contributed by atoms with van der Waals surface area (Å²) in [6.07, 6.45) is 1.03. The fourth-order valence-electron chi connectivity index (χ4n) is 1.75. The Hall–Kier alpha value is -0.650. The van der Waals surface area contributed by atoms with Crippen molar-refractivity contribution in [3.63, 3.8) is 0 Å². The summed E-state index contributed by atoms with van der Waals surface area (Å²) in [5, 5.41) is 0. The van der Waals surface area contributed by atoms with Crippen LogP contribution in [0, 0.1) is 0 Å². The van der Waals surface area contributed by atoms with Crippen LogP contribution in [0.2, 0.25) is 0 Å². The monoisotopic (exact) mass is 215 g/mol. The number of ether oxygens (including phenoxy) is 1. The maximum atomic E-state index is 11.5. The van der Waals surface area contributed by atoms with E-state index in [1.165, 1.54) is 0 Å². The normalized spacial score (nSPS) is 18.1. The first-order chi connectivity index (χ1) is 7.27. The van der Waals surface area contributed by atoms with Crippen molar-refractivity contribution in [2.75, 3.05) is 53.0 Å². The lowest BCUT2D eigenvalue weighted by molar-refractivity contribution is -0.136. The molecule has 0 aromatic heterocycles. The third kappa shape index (κ3) is 4.15. The van der Waals surface area contributed by atoms with Crippen molar-refractivity contribution < 1.29 is 9.53 Å². The van der Waals surface area contributed by atoms with Gasteiger partial charge in [0.1, 0.15) is 6.61 Å². The first-order valence-corrected chi connectivity index (χ1v) is 5.47. The third-order valence-electron chi connectivity index (χ3n) is 2.67. The van der Waals surface area contributed by atoms with Crippen LogP contribution in [0.15, 0.2) is 0 Å². The number of hydrogen-bond acceptors (Lipinski definition) is 4. The molecule has 0 bridgehead atoms. The predicted octanol–water partition coefficient (Wildman–Crippen LogP) is -0.874. The molecule has 0 unspecified atom stereocenters. The third-order valence-corrected chi connectivity index (χ3v) is 2.67. The molecule has 1 rings (SSSR count). The van der Waals surface area contributed by atoms with Gasteiger partial charge >= 0.3 is 0 Å². The van der Waals surface area contributed by atoms with Crippen molar-refractivity contribution in [3.8, 4) is 0 Å². The number of methoxy groups -OCH3 is 1. The molecule has 88 valence electrons. The van der Waals surface area contributed by atoms with E-state index >= 15 is 0 Å². The number of carbonyl (C=O) groups is 1. The Balaban J connectivity index is 2.20. The van der Waals surface area contributed by atoms with Crippen LogP contribution in [0.25, 0.3) is 0 Å². The maximum absolute atomic E-state index is 11.5. The van der Waals surface area contributed by atoms with Crippen LogP contribution < -0.4 is 5.73 Å². The second-order valence-electron chi connectivity index (χ2n) is 3.80. The lowest BCUT2D eigenvalue weighted by atomic mass is 10.3. The quantitative estimate of drug-likeness (QED) is 0.647. The van der Waals surface area contributed by atoms with E-state index in [2.05, 4.69) is 4.90 Å². The summed E-state index contributed by atoms with van der Waals surface area (Å²) >= 11 is 0. The van der Waals surface area contributed by atoms with E-state index in [-0.39, 0.29) is 12.5 Å². The van der Waals surface area contributed by atoms with Crippen LogP contribution in [0.4, 0.5) is 0 Å². The maximum Gasteiger partial charge on any atom is 0.248 e. The summed E-state index contributed by atoms with van der Waals surface area (Å²) in [6.45, 7) is 5.51. The molecule has 0 aromatic rings.